The molecule has 0 heterocycles. The topological polar surface area (TPSA) is 87.7 Å². The Kier molecular flexibility index (Phi) is 8.26. The average molecular weight is 336 g/mol. The summed E-state index contributed by atoms with van der Waals surface area (Å²) in [5.41, 5.74) is 0.946. The maximum absolute atomic E-state index is 12.0. The van der Waals surface area contributed by atoms with Gasteiger partial charge >= 0.3 is 6.09 Å². The number of amides is 2. The Hall–Kier alpha value is -2.08. The Bertz CT molecular complexity index is 521. The van der Waals surface area contributed by atoms with Gasteiger partial charge in [-0.25, -0.2) is 4.79 Å². The number of benzene rings is 1. The van der Waals surface area contributed by atoms with Crippen molar-refractivity contribution in [3.8, 4) is 0 Å². The molecule has 0 aliphatic carbocycles. The van der Waals surface area contributed by atoms with E-state index in [0.29, 0.717) is 18.7 Å². The van der Waals surface area contributed by atoms with Gasteiger partial charge in [0.15, 0.2) is 0 Å². The quantitative estimate of drug-likeness (QED) is 0.637. The summed E-state index contributed by atoms with van der Waals surface area (Å²) in [5.74, 6) is -0.120. The summed E-state index contributed by atoms with van der Waals surface area (Å²) in [7, 11) is 0. The fourth-order valence-corrected chi connectivity index (χ4v) is 1.98. The number of hydrogen-bond acceptors (Lipinski definition) is 4. The van der Waals surface area contributed by atoms with Gasteiger partial charge in [-0.15, -0.1) is 0 Å². The maximum Gasteiger partial charge on any atom is 0.407 e. The molecule has 0 spiro atoms. The van der Waals surface area contributed by atoms with Crippen LogP contribution in [0.1, 0.15) is 56.0 Å². The van der Waals surface area contributed by atoms with Gasteiger partial charge in [0, 0.05) is 25.3 Å². The Morgan fingerprint density at radius 1 is 1.04 bits per heavy atom. The Morgan fingerprint density at radius 3 is 2.29 bits per heavy atom. The van der Waals surface area contributed by atoms with Gasteiger partial charge in [0.25, 0.3) is 5.91 Å². The first-order chi connectivity index (χ1) is 11.3. The smallest absolute Gasteiger partial charge is 0.407 e. The second-order valence-electron chi connectivity index (χ2n) is 6.59. The Morgan fingerprint density at radius 2 is 1.71 bits per heavy atom. The van der Waals surface area contributed by atoms with E-state index in [4.69, 9.17) is 9.84 Å². The number of hydrogen-bond donors (Lipinski definition) is 3. The highest BCUT2D eigenvalue weighted by atomic mass is 16.6. The van der Waals surface area contributed by atoms with E-state index in [0.717, 1.165) is 24.8 Å². The lowest BCUT2D eigenvalue weighted by molar-refractivity contribution is 0.0523. The van der Waals surface area contributed by atoms with Gasteiger partial charge < -0.3 is 20.5 Å². The van der Waals surface area contributed by atoms with Crippen molar-refractivity contribution in [2.45, 2.75) is 52.2 Å². The van der Waals surface area contributed by atoms with Crippen LogP contribution >= 0.6 is 0 Å². The van der Waals surface area contributed by atoms with E-state index >= 15 is 0 Å². The molecule has 6 heteroatoms. The Labute approximate surface area is 143 Å². The first-order valence-corrected chi connectivity index (χ1v) is 8.26. The molecule has 0 unspecified atom stereocenters. The second-order valence-corrected chi connectivity index (χ2v) is 6.59. The third-order valence-corrected chi connectivity index (χ3v) is 3.17. The number of nitrogens with one attached hydrogen (secondary N) is 2. The minimum atomic E-state index is -0.525. The zero-order chi connectivity index (χ0) is 18.0. The van der Waals surface area contributed by atoms with Crippen LogP contribution in [0.3, 0.4) is 0 Å². The molecular formula is C18H28N2O4. The van der Waals surface area contributed by atoms with Gasteiger partial charge in [-0.1, -0.05) is 12.1 Å². The molecule has 0 saturated carbocycles. The molecule has 1 aromatic rings. The van der Waals surface area contributed by atoms with Crippen LogP contribution in [0.2, 0.25) is 0 Å². The van der Waals surface area contributed by atoms with Crippen LogP contribution < -0.4 is 10.6 Å². The fraction of sp³-hybridized carbons (Fsp3) is 0.556. The van der Waals surface area contributed by atoms with Crippen molar-refractivity contribution < 1.29 is 19.4 Å². The van der Waals surface area contributed by atoms with Crippen LogP contribution in [-0.4, -0.2) is 35.9 Å². The summed E-state index contributed by atoms with van der Waals surface area (Å²) in [6.07, 6.45) is 2.04. The fourth-order valence-electron chi connectivity index (χ4n) is 1.98. The highest BCUT2D eigenvalue weighted by molar-refractivity contribution is 5.94. The van der Waals surface area contributed by atoms with E-state index in [-0.39, 0.29) is 12.5 Å². The van der Waals surface area contributed by atoms with Crippen molar-refractivity contribution in [3.63, 3.8) is 0 Å². The standard InChI is InChI=1S/C18H28N2O4/c1-18(2,3)24-17(23)20-13-14-7-9-15(10-8-14)16(22)19-11-5-4-6-12-21/h7-10,21H,4-6,11-13H2,1-3H3,(H,19,22)(H,20,23). The van der Waals surface area contributed by atoms with E-state index in [2.05, 4.69) is 10.6 Å². The second kappa shape index (κ2) is 9.93. The normalized spacial score (nSPS) is 11.0. The van der Waals surface area contributed by atoms with E-state index in [9.17, 15) is 9.59 Å². The molecule has 0 fully saturated rings. The van der Waals surface area contributed by atoms with Crippen molar-refractivity contribution in [1.82, 2.24) is 10.6 Å². The molecule has 0 aromatic heterocycles. The van der Waals surface area contributed by atoms with Crippen LogP contribution in [0, 0.1) is 0 Å². The molecule has 1 rings (SSSR count). The molecule has 134 valence electrons. The molecule has 0 saturated heterocycles. The van der Waals surface area contributed by atoms with Crippen LogP contribution in [-0.2, 0) is 11.3 Å². The lowest BCUT2D eigenvalue weighted by atomic mass is 10.1. The predicted octanol–water partition coefficient (Wildman–Crippen LogP) is 2.60. The third kappa shape index (κ3) is 8.53. The van der Waals surface area contributed by atoms with Crippen LogP contribution in [0.5, 0.6) is 0 Å². The van der Waals surface area contributed by atoms with E-state index in [1.54, 1.807) is 24.3 Å². The molecule has 0 aliphatic heterocycles. The molecule has 0 atom stereocenters. The molecule has 3 N–H and O–H groups in total. The van der Waals surface area contributed by atoms with Crippen molar-refractivity contribution in [3.05, 3.63) is 35.4 Å². The predicted molar refractivity (Wildman–Crippen MR) is 92.8 cm³/mol. The molecule has 6 nitrogen and oxygen atoms in total. The monoisotopic (exact) mass is 336 g/mol. The maximum atomic E-state index is 12.0. The number of carbonyl (C=O) groups excluding carboxylic acids is 2. The SMILES string of the molecule is CC(C)(C)OC(=O)NCc1ccc(C(=O)NCCCCCO)cc1. The summed E-state index contributed by atoms with van der Waals surface area (Å²) >= 11 is 0. The third-order valence-electron chi connectivity index (χ3n) is 3.17. The number of aliphatic hydroxyl groups is 1. The molecule has 0 bridgehead atoms. The van der Waals surface area contributed by atoms with Crippen molar-refractivity contribution in [2.24, 2.45) is 0 Å². The molecule has 2 amide bonds. The lowest BCUT2D eigenvalue weighted by Crippen LogP contribution is -2.32. The average Bonchev–Trinajstić information content (AvgIpc) is 2.51. The molecule has 0 aliphatic rings. The molecule has 0 radical (unpaired) electrons. The number of aliphatic hydroxyl groups excluding tert-OH is 1. The van der Waals surface area contributed by atoms with Gasteiger partial charge in [-0.2, -0.15) is 0 Å². The minimum Gasteiger partial charge on any atom is -0.444 e. The summed E-state index contributed by atoms with van der Waals surface area (Å²) in [6.45, 7) is 6.56. The van der Waals surface area contributed by atoms with E-state index in [1.165, 1.54) is 0 Å². The van der Waals surface area contributed by atoms with Crippen molar-refractivity contribution in [2.75, 3.05) is 13.2 Å². The molecule has 1 aromatic carbocycles. The highest BCUT2D eigenvalue weighted by Gasteiger charge is 2.15. The van der Waals surface area contributed by atoms with Gasteiger partial charge in [0.2, 0.25) is 0 Å². The number of alkyl carbamates (subject to hydrolysis) is 1. The number of unbranched alkanes of at least 4 members (excludes halogenated alkanes) is 2. The zero-order valence-electron chi connectivity index (χ0n) is 14.7. The summed E-state index contributed by atoms with van der Waals surface area (Å²) < 4.78 is 5.16. The molecule has 24 heavy (non-hydrogen) atoms. The van der Waals surface area contributed by atoms with Crippen molar-refractivity contribution >= 4 is 12.0 Å². The number of carbonyl (C=O) groups is 2. The van der Waals surface area contributed by atoms with Crippen LogP contribution in [0.15, 0.2) is 24.3 Å². The minimum absolute atomic E-state index is 0.120. The van der Waals surface area contributed by atoms with Crippen LogP contribution in [0.4, 0.5) is 4.79 Å². The largest absolute Gasteiger partial charge is 0.444 e. The van der Waals surface area contributed by atoms with Gasteiger partial charge in [-0.3, -0.25) is 4.79 Å². The Balaban J connectivity index is 2.37. The summed E-state index contributed by atoms with van der Waals surface area (Å²) in [4.78, 5) is 23.5. The first kappa shape index (κ1) is 20.0. The van der Waals surface area contributed by atoms with Gasteiger partial charge in [-0.05, 0) is 57.7 Å². The van der Waals surface area contributed by atoms with Gasteiger partial charge in [0.1, 0.15) is 5.60 Å². The van der Waals surface area contributed by atoms with Crippen molar-refractivity contribution in [1.29, 1.82) is 0 Å². The number of rotatable bonds is 8. The lowest BCUT2D eigenvalue weighted by Gasteiger charge is -2.19. The van der Waals surface area contributed by atoms with Crippen LogP contribution in [0.25, 0.3) is 0 Å². The van der Waals surface area contributed by atoms with E-state index in [1.807, 2.05) is 20.8 Å². The molecular weight excluding hydrogens is 308 g/mol. The highest BCUT2D eigenvalue weighted by Crippen LogP contribution is 2.08. The zero-order valence-corrected chi connectivity index (χ0v) is 14.7. The number of ether oxygens (including phenoxy) is 1. The van der Waals surface area contributed by atoms with E-state index < -0.39 is 11.7 Å². The summed E-state index contributed by atoms with van der Waals surface area (Å²) in [5, 5.41) is 14.2. The van der Waals surface area contributed by atoms with Gasteiger partial charge in [0.05, 0.1) is 0 Å². The summed E-state index contributed by atoms with van der Waals surface area (Å²) in [6, 6.07) is 7.07. The first-order valence-electron chi connectivity index (χ1n) is 8.26.